The molecule has 2 aromatic heterocycles. The molecule has 2 aromatic carbocycles. The average Bonchev–Trinajstić information content (AvgIpc) is 3.43. The zero-order valence-corrected chi connectivity index (χ0v) is 25.0. The van der Waals surface area contributed by atoms with Crippen LogP contribution in [0.25, 0.3) is 32.9 Å². The fourth-order valence-corrected chi connectivity index (χ4v) is 7.84. The number of benzene rings is 2. The van der Waals surface area contributed by atoms with Crippen LogP contribution in [0.2, 0.25) is 0 Å². The lowest BCUT2D eigenvalue weighted by atomic mass is 9.95. The van der Waals surface area contributed by atoms with Crippen molar-refractivity contribution in [2.75, 3.05) is 37.7 Å². The molecule has 6 heterocycles. The van der Waals surface area contributed by atoms with E-state index in [1.807, 2.05) is 4.90 Å². The highest BCUT2D eigenvalue weighted by molar-refractivity contribution is 6.04. The average molecular weight is 632 g/mol. The Bertz CT molecular complexity index is 1940. The number of aromatic nitrogens is 3. The summed E-state index contributed by atoms with van der Waals surface area (Å²) >= 11 is 0. The topological polar surface area (TPSA) is 104 Å². The molecule has 0 saturated carbocycles. The number of fused-ring (bicyclic) bond motifs is 4. The minimum atomic E-state index is -0.948. The highest BCUT2D eigenvalue weighted by Crippen LogP contribution is 2.45. The van der Waals surface area contributed by atoms with Gasteiger partial charge in [0.05, 0.1) is 23.2 Å². The van der Waals surface area contributed by atoms with Gasteiger partial charge in [0, 0.05) is 30.5 Å². The molecule has 2 unspecified atom stereocenters. The summed E-state index contributed by atoms with van der Waals surface area (Å²) in [5, 5.41) is 21.9. The summed E-state index contributed by atoms with van der Waals surface area (Å²) in [5.74, 6) is 1.10. The quantitative estimate of drug-likeness (QED) is 0.305. The molecule has 0 spiro atoms. The molecule has 0 bridgehead atoms. The van der Waals surface area contributed by atoms with Gasteiger partial charge in [-0.05, 0) is 62.2 Å². The molecule has 0 aliphatic carbocycles. The number of hydrogen-bond acceptors (Lipinski definition) is 9. The maximum atomic E-state index is 16.9. The lowest BCUT2D eigenvalue weighted by Crippen LogP contribution is -2.43. The van der Waals surface area contributed by atoms with Crippen LogP contribution in [-0.4, -0.2) is 86.8 Å². The van der Waals surface area contributed by atoms with Gasteiger partial charge >= 0.3 is 6.01 Å². The Labute approximate surface area is 263 Å². The van der Waals surface area contributed by atoms with Crippen LogP contribution in [0.1, 0.15) is 44.1 Å². The molecular formula is C34H32F3N5O4. The monoisotopic (exact) mass is 631 g/mol. The van der Waals surface area contributed by atoms with Crippen LogP contribution in [0.15, 0.2) is 24.3 Å². The first-order valence-electron chi connectivity index (χ1n) is 15.7. The van der Waals surface area contributed by atoms with Crippen LogP contribution in [-0.2, 0) is 0 Å². The summed E-state index contributed by atoms with van der Waals surface area (Å²) < 4.78 is 58.8. The standard InChI is InChI=1S/C34H32F3N5O4/c1-2-23-25(36)7-4-18-12-22(44)13-24(26(18)23)29-28(37)30-27-31(42-11-8-21(43)6-5-20(42)16-45-32(27)38-29)40-33(39-30)46-17-34-9-3-10-41(34)15-19(35)14-34/h1,4,7,12-13,19-21,43-44H,3,5-6,8-11,14-17H2/t19-,20?,21?,34+/m1/s1. The van der Waals surface area contributed by atoms with E-state index in [4.69, 9.17) is 20.9 Å². The summed E-state index contributed by atoms with van der Waals surface area (Å²) in [4.78, 5) is 18.0. The Morgan fingerprint density at radius 2 is 1.98 bits per heavy atom. The van der Waals surface area contributed by atoms with Crippen molar-refractivity contribution in [3.63, 3.8) is 0 Å². The smallest absolute Gasteiger partial charge is 0.319 e. The summed E-state index contributed by atoms with van der Waals surface area (Å²) in [5.41, 5.74) is -0.857. The van der Waals surface area contributed by atoms with Gasteiger partial charge in [-0.1, -0.05) is 12.0 Å². The number of aliphatic hydroxyl groups is 1. The van der Waals surface area contributed by atoms with E-state index in [0.717, 1.165) is 19.4 Å². The molecule has 4 aliphatic heterocycles. The van der Waals surface area contributed by atoms with Gasteiger partial charge in [-0.3, -0.25) is 4.90 Å². The fourth-order valence-electron chi connectivity index (χ4n) is 7.84. The normalized spacial score (nSPS) is 25.9. The highest BCUT2D eigenvalue weighted by atomic mass is 19.1. The highest BCUT2D eigenvalue weighted by Gasteiger charge is 2.49. The maximum absolute atomic E-state index is 16.9. The number of hydrogen-bond donors (Lipinski definition) is 2. The van der Waals surface area contributed by atoms with Crippen molar-refractivity contribution in [3.05, 3.63) is 41.5 Å². The van der Waals surface area contributed by atoms with E-state index in [1.165, 1.54) is 24.3 Å². The first-order chi connectivity index (χ1) is 22.2. The largest absolute Gasteiger partial charge is 0.508 e. The number of ether oxygens (including phenoxy) is 2. The van der Waals surface area contributed by atoms with Crippen molar-refractivity contribution >= 4 is 27.5 Å². The lowest BCUT2D eigenvalue weighted by molar-refractivity contribution is 0.107. The second kappa shape index (κ2) is 10.9. The number of halogens is 3. The van der Waals surface area contributed by atoms with E-state index in [1.54, 1.807) is 0 Å². The minimum absolute atomic E-state index is 0.0744. The fraction of sp³-hybridized carbons (Fsp3) is 0.441. The number of pyridine rings is 1. The van der Waals surface area contributed by atoms with Gasteiger partial charge in [-0.2, -0.15) is 9.97 Å². The molecule has 2 N–H and O–H groups in total. The first kappa shape index (κ1) is 29.1. The Morgan fingerprint density at radius 1 is 1.11 bits per heavy atom. The second-order valence-electron chi connectivity index (χ2n) is 12.8. The van der Waals surface area contributed by atoms with Crippen molar-refractivity contribution in [1.29, 1.82) is 0 Å². The minimum Gasteiger partial charge on any atom is -0.508 e. The van der Waals surface area contributed by atoms with Crippen LogP contribution in [0.4, 0.5) is 19.0 Å². The summed E-state index contributed by atoms with van der Waals surface area (Å²) in [6, 6.07) is 5.09. The van der Waals surface area contributed by atoms with Crippen LogP contribution >= 0.6 is 0 Å². The summed E-state index contributed by atoms with van der Waals surface area (Å²) in [6.45, 7) is 1.91. The third-order valence-electron chi connectivity index (χ3n) is 10.1. The number of anilines is 1. The van der Waals surface area contributed by atoms with E-state index in [9.17, 15) is 19.0 Å². The van der Waals surface area contributed by atoms with Gasteiger partial charge in [0.15, 0.2) is 5.82 Å². The number of rotatable bonds is 4. The molecule has 46 heavy (non-hydrogen) atoms. The van der Waals surface area contributed by atoms with Crippen molar-refractivity contribution in [2.45, 2.75) is 62.4 Å². The molecule has 0 amide bonds. The summed E-state index contributed by atoms with van der Waals surface area (Å²) in [6.07, 6.45) is 7.95. The molecule has 238 valence electrons. The molecule has 3 saturated heterocycles. The van der Waals surface area contributed by atoms with Crippen molar-refractivity contribution in [3.8, 4) is 41.2 Å². The SMILES string of the molecule is C#Cc1c(F)ccc2cc(O)cc(-c3nc4c5c(nc(OC[C@@]67CCCN6C[C@H](F)C7)nc5c3F)N3CCC(O)CCC3CO4)c12. The predicted molar refractivity (Wildman–Crippen MR) is 165 cm³/mol. The molecule has 4 atom stereocenters. The predicted octanol–water partition coefficient (Wildman–Crippen LogP) is 4.88. The van der Waals surface area contributed by atoms with Crippen LogP contribution in [0.5, 0.6) is 17.6 Å². The molecule has 3 fully saturated rings. The number of aliphatic hydroxyl groups excluding tert-OH is 1. The van der Waals surface area contributed by atoms with E-state index < -0.39 is 29.4 Å². The van der Waals surface area contributed by atoms with E-state index in [0.29, 0.717) is 50.0 Å². The first-order valence-corrected chi connectivity index (χ1v) is 15.7. The zero-order chi connectivity index (χ0) is 31.7. The molecule has 9 nitrogen and oxygen atoms in total. The van der Waals surface area contributed by atoms with Crippen LogP contribution in [0.3, 0.4) is 0 Å². The number of terminal acetylenes is 1. The Kier molecular flexibility index (Phi) is 6.88. The number of alkyl halides is 1. The van der Waals surface area contributed by atoms with E-state index in [2.05, 4.69) is 20.8 Å². The molecule has 4 aliphatic rings. The Balaban J connectivity index is 1.33. The number of nitrogens with zero attached hydrogens (tertiary/aromatic N) is 5. The van der Waals surface area contributed by atoms with Gasteiger partial charge in [-0.25, -0.2) is 18.2 Å². The third kappa shape index (κ3) is 4.59. The van der Waals surface area contributed by atoms with Gasteiger partial charge in [-0.15, -0.1) is 6.42 Å². The van der Waals surface area contributed by atoms with Crippen molar-refractivity contribution in [2.24, 2.45) is 0 Å². The van der Waals surface area contributed by atoms with Crippen molar-refractivity contribution in [1.82, 2.24) is 19.9 Å². The molecule has 0 radical (unpaired) electrons. The number of phenolic OH excluding ortho intramolecular Hbond substituents is 1. The second-order valence-corrected chi connectivity index (χ2v) is 12.8. The maximum Gasteiger partial charge on any atom is 0.319 e. The zero-order valence-electron chi connectivity index (χ0n) is 25.0. The van der Waals surface area contributed by atoms with Gasteiger partial charge in [0.1, 0.15) is 53.4 Å². The van der Waals surface area contributed by atoms with Crippen LogP contribution < -0.4 is 14.4 Å². The molecular weight excluding hydrogens is 599 g/mol. The van der Waals surface area contributed by atoms with Gasteiger partial charge < -0.3 is 24.6 Å². The van der Waals surface area contributed by atoms with E-state index >= 15 is 4.39 Å². The molecule has 4 aromatic rings. The molecule has 8 rings (SSSR count). The van der Waals surface area contributed by atoms with E-state index in [-0.39, 0.29) is 70.0 Å². The van der Waals surface area contributed by atoms with Crippen LogP contribution in [0, 0.1) is 24.0 Å². The lowest BCUT2D eigenvalue weighted by Gasteiger charge is -2.31. The number of phenols is 1. The van der Waals surface area contributed by atoms with Crippen molar-refractivity contribution < 1.29 is 32.9 Å². The number of aromatic hydroxyl groups is 1. The molecule has 12 heteroatoms. The van der Waals surface area contributed by atoms with Gasteiger partial charge in [0.2, 0.25) is 5.88 Å². The Morgan fingerprint density at radius 3 is 2.83 bits per heavy atom. The summed E-state index contributed by atoms with van der Waals surface area (Å²) in [7, 11) is 0. The van der Waals surface area contributed by atoms with Gasteiger partial charge in [0.25, 0.3) is 0 Å². The Hall–Kier alpha value is -4.34. The third-order valence-corrected chi connectivity index (χ3v) is 10.1.